The molecule has 0 saturated heterocycles. The van der Waals surface area contributed by atoms with Crippen LogP contribution in [0.1, 0.15) is 22.3 Å². The standard InChI is InChI=1S/C16H16N2O/c1-13-9-15(10-17)7-8-16(13)11-18-19-12-14-5-3-2-4-6-14/h2-9,18H,11-12H2,1H3. The first-order chi connectivity index (χ1) is 9.29. The zero-order valence-corrected chi connectivity index (χ0v) is 10.9. The minimum absolute atomic E-state index is 0.538. The summed E-state index contributed by atoms with van der Waals surface area (Å²) in [6.07, 6.45) is 0. The number of aryl methyl sites for hydroxylation is 1. The van der Waals surface area contributed by atoms with E-state index in [1.807, 2.05) is 55.5 Å². The van der Waals surface area contributed by atoms with Crippen LogP contribution in [0.25, 0.3) is 0 Å². The van der Waals surface area contributed by atoms with Crippen molar-refractivity contribution in [3.8, 4) is 6.07 Å². The van der Waals surface area contributed by atoms with Crippen LogP contribution in [0.4, 0.5) is 0 Å². The van der Waals surface area contributed by atoms with Crippen LogP contribution in [0.15, 0.2) is 48.5 Å². The van der Waals surface area contributed by atoms with Crippen molar-refractivity contribution in [1.82, 2.24) is 5.48 Å². The smallest absolute Gasteiger partial charge is 0.0991 e. The predicted octanol–water partition coefficient (Wildman–Crippen LogP) is 3.09. The van der Waals surface area contributed by atoms with Crippen LogP contribution < -0.4 is 5.48 Å². The molecule has 0 aromatic heterocycles. The normalized spacial score (nSPS) is 10.1. The topological polar surface area (TPSA) is 45.0 Å². The molecule has 2 rings (SSSR count). The SMILES string of the molecule is Cc1cc(C#N)ccc1CNOCc1ccccc1. The van der Waals surface area contributed by atoms with E-state index in [0.717, 1.165) is 16.7 Å². The van der Waals surface area contributed by atoms with Gasteiger partial charge in [0.05, 0.1) is 18.2 Å². The van der Waals surface area contributed by atoms with Gasteiger partial charge in [-0.25, -0.2) is 0 Å². The van der Waals surface area contributed by atoms with Crippen LogP contribution in [0.5, 0.6) is 0 Å². The van der Waals surface area contributed by atoms with Gasteiger partial charge in [0.1, 0.15) is 0 Å². The molecule has 0 amide bonds. The van der Waals surface area contributed by atoms with Gasteiger partial charge in [-0.3, -0.25) is 4.84 Å². The van der Waals surface area contributed by atoms with E-state index in [1.54, 1.807) is 0 Å². The molecule has 0 aliphatic carbocycles. The second kappa shape index (κ2) is 6.69. The van der Waals surface area contributed by atoms with Crippen molar-refractivity contribution in [2.24, 2.45) is 0 Å². The van der Waals surface area contributed by atoms with Gasteiger partial charge in [0.15, 0.2) is 0 Å². The Morgan fingerprint density at radius 1 is 1.16 bits per heavy atom. The van der Waals surface area contributed by atoms with Crippen LogP contribution in [-0.4, -0.2) is 0 Å². The first kappa shape index (κ1) is 13.3. The maximum absolute atomic E-state index is 8.80. The van der Waals surface area contributed by atoms with Gasteiger partial charge < -0.3 is 0 Å². The van der Waals surface area contributed by atoms with E-state index < -0.39 is 0 Å². The Bertz CT molecular complexity index is 573. The molecule has 19 heavy (non-hydrogen) atoms. The molecule has 0 atom stereocenters. The first-order valence-corrected chi connectivity index (χ1v) is 6.18. The Balaban J connectivity index is 1.82. The average Bonchev–Trinajstić information content (AvgIpc) is 2.46. The van der Waals surface area contributed by atoms with Crippen LogP contribution >= 0.6 is 0 Å². The lowest BCUT2D eigenvalue weighted by Crippen LogP contribution is -2.14. The Morgan fingerprint density at radius 3 is 2.63 bits per heavy atom. The minimum Gasteiger partial charge on any atom is -0.297 e. The highest BCUT2D eigenvalue weighted by Crippen LogP contribution is 2.10. The molecule has 0 spiro atoms. The summed E-state index contributed by atoms with van der Waals surface area (Å²) in [5.41, 5.74) is 6.99. The van der Waals surface area contributed by atoms with Crippen LogP contribution in [0.2, 0.25) is 0 Å². The van der Waals surface area contributed by atoms with E-state index in [1.165, 1.54) is 0 Å². The molecule has 0 unspecified atom stereocenters. The second-order valence-electron chi connectivity index (χ2n) is 4.35. The number of hydroxylamine groups is 1. The molecule has 0 aliphatic rings. The fourth-order valence-electron chi connectivity index (χ4n) is 1.80. The molecule has 0 aliphatic heterocycles. The first-order valence-electron chi connectivity index (χ1n) is 6.18. The molecule has 0 heterocycles. The quantitative estimate of drug-likeness (QED) is 0.657. The molecule has 0 fully saturated rings. The van der Waals surface area contributed by atoms with E-state index >= 15 is 0 Å². The lowest BCUT2D eigenvalue weighted by molar-refractivity contribution is 0.0234. The highest BCUT2D eigenvalue weighted by atomic mass is 16.6. The highest BCUT2D eigenvalue weighted by molar-refractivity contribution is 5.37. The van der Waals surface area contributed by atoms with E-state index in [4.69, 9.17) is 10.1 Å². The number of nitrogens with one attached hydrogen (secondary N) is 1. The summed E-state index contributed by atoms with van der Waals surface area (Å²) in [5, 5.41) is 8.80. The number of hydrogen-bond donors (Lipinski definition) is 1. The van der Waals surface area contributed by atoms with Crippen molar-refractivity contribution < 1.29 is 4.84 Å². The summed E-state index contributed by atoms with van der Waals surface area (Å²) in [7, 11) is 0. The fraction of sp³-hybridized carbons (Fsp3) is 0.188. The molecule has 96 valence electrons. The van der Waals surface area contributed by atoms with Crippen molar-refractivity contribution in [2.75, 3.05) is 0 Å². The van der Waals surface area contributed by atoms with Gasteiger partial charge in [-0.2, -0.15) is 10.7 Å². The molecule has 0 bridgehead atoms. The van der Waals surface area contributed by atoms with Gasteiger partial charge in [0, 0.05) is 6.54 Å². The number of benzene rings is 2. The van der Waals surface area contributed by atoms with Crippen LogP contribution in [0, 0.1) is 18.3 Å². The maximum Gasteiger partial charge on any atom is 0.0991 e. The van der Waals surface area contributed by atoms with E-state index in [0.29, 0.717) is 18.7 Å². The molecule has 2 aromatic rings. The molecule has 1 N–H and O–H groups in total. The monoisotopic (exact) mass is 252 g/mol. The Kier molecular flexibility index (Phi) is 4.68. The predicted molar refractivity (Wildman–Crippen MR) is 74.0 cm³/mol. The molecule has 0 saturated carbocycles. The second-order valence-corrected chi connectivity index (χ2v) is 4.35. The van der Waals surface area contributed by atoms with Gasteiger partial charge in [-0.15, -0.1) is 0 Å². The number of hydrogen-bond acceptors (Lipinski definition) is 3. The summed E-state index contributed by atoms with van der Waals surface area (Å²) in [6, 6.07) is 17.8. The molecule has 0 radical (unpaired) electrons. The van der Waals surface area contributed by atoms with Gasteiger partial charge in [-0.1, -0.05) is 36.4 Å². The van der Waals surface area contributed by atoms with Crippen LogP contribution in [-0.2, 0) is 18.0 Å². The summed E-state index contributed by atoms with van der Waals surface area (Å²) in [5.74, 6) is 0. The third kappa shape index (κ3) is 3.92. The third-order valence-corrected chi connectivity index (χ3v) is 2.92. The average molecular weight is 252 g/mol. The zero-order valence-electron chi connectivity index (χ0n) is 10.9. The molecular formula is C16H16N2O. The van der Waals surface area contributed by atoms with E-state index in [2.05, 4.69) is 11.5 Å². The minimum atomic E-state index is 0.538. The number of nitrogens with zero attached hydrogens (tertiary/aromatic N) is 1. The van der Waals surface area contributed by atoms with E-state index in [9.17, 15) is 0 Å². The summed E-state index contributed by atoms with van der Waals surface area (Å²) in [6.45, 7) is 3.16. The third-order valence-electron chi connectivity index (χ3n) is 2.92. The van der Waals surface area contributed by atoms with Gasteiger partial charge in [0.25, 0.3) is 0 Å². The van der Waals surface area contributed by atoms with Crippen LogP contribution in [0.3, 0.4) is 0 Å². The van der Waals surface area contributed by atoms with Crippen molar-refractivity contribution in [1.29, 1.82) is 5.26 Å². The Labute approximate surface area is 113 Å². The summed E-state index contributed by atoms with van der Waals surface area (Å²) < 4.78 is 0. The van der Waals surface area contributed by atoms with Gasteiger partial charge in [-0.05, 0) is 35.7 Å². The molecule has 2 aromatic carbocycles. The summed E-state index contributed by atoms with van der Waals surface area (Å²) >= 11 is 0. The van der Waals surface area contributed by atoms with Crippen molar-refractivity contribution >= 4 is 0 Å². The molecular weight excluding hydrogens is 236 g/mol. The van der Waals surface area contributed by atoms with Gasteiger partial charge >= 0.3 is 0 Å². The molecule has 3 nitrogen and oxygen atoms in total. The van der Waals surface area contributed by atoms with Gasteiger partial charge in [0.2, 0.25) is 0 Å². The van der Waals surface area contributed by atoms with Crippen molar-refractivity contribution in [3.05, 3.63) is 70.8 Å². The Hall–Kier alpha value is -2.15. The fourth-order valence-corrected chi connectivity index (χ4v) is 1.80. The summed E-state index contributed by atoms with van der Waals surface area (Å²) in [4.78, 5) is 5.42. The highest BCUT2D eigenvalue weighted by Gasteiger charge is 2.00. The largest absolute Gasteiger partial charge is 0.297 e. The lowest BCUT2D eigenvalue weighted by atomic mass is 10.1. The maximum atomic E-state index is 8.80. The molecule has 3 heteroatoms. The number of nitriles is 1. The van der Waals surface area contributed by atoms with Crippen molar-refractivity contribution in [3.63, 3.8) is 0 Å². The van der Waals surface area contributed by atoms with E-state index in [-0.39, 0.29) is 0 Å². The van der Waals surface area contributed by atoms with Crippen molar-refractivity contribution in [2.45, 2.75) is 20.1 Å². The lowest BCUT2D eigenvalue weighted by Gasteiger charge is -2.08. The zero-order chi connectivity index (χ0) is 13.5. The number of rotatable bonds is 5. The Morgan fingerprint density at radius 2 is 1.95 bits per heavy atom.